The number of aliphatic hydroxyl groups excluding tert-OH is 1. The third-order valence-corrected chi connectivity index (χ3v) is 5.52. The first-order chi connectivity index (χ1) is 17.5. The normalized spacial score (nSPS) is 23.3. The van der Waals surface area contributed by atoms with Crippen LogP contribution in [0.4, 0.5) is 4.39 Å². The minimum Gasteiger partial charge on any atom is -0.452 e. The Bertz CT molecular complexity index is 1170. The van der Waals surface area contributed by atoms with Gasteiger partial charge in [0.25, 0.3) is 0 Å². The number of benzene rings is 3. The van der Waals surface area contributed by atoms with Crippen molar-refractivity contribution < 1.29 is 42.8 Å². The Labute approximate surface area is 206 Å². The first-order valence-electron chi connectivity index (χ1n) is 11.2. The highest BCUT2D eigenvalue weighted by molar-refractivity contribution is 5.91. The average molecular weight is 494 g/mol. The van der Waals surface area contributed by atoms with Crippen LogP contribution in [0.15, 0.2) is 91.0 Å². The lowest BCUT2D eigenvalue weighted by Gasteiger charge is -2.42. The molecule has 0 unspecified atom stereocenters. The van der Waals surface area contributed by atoms with Crippen molar-refractivity contribution in [3.63, 3.8) is 0 Å². The van der Waals surface area contributed by atoms with Crippen LogP contribution < -0.4 is 0 Å². The predicted octanol–water partition coefficient (Wildman–Crippen LogP) is 3.35. The molecule has 0 bridgehead atoms. The summed E-state index contributed by atoms with van der Waals surface area (Å²) in [4.78, 5) is 38.4. The van der Waals surface area contributed by atoms with Crippen molar-refractivity contribution in [2.24, 2.45) is 0 Å². The smallest absolute Gasteiger partial charge is 0.338 e. The van der Waals surface area contributed by atoms with Gasteiger partial charge in [-0.3, -0.25) is 0 Å². The number of rotatable bonds is 7. The van der Waals surface area contributed by atoms with Crippen molar-refractivity contribution in [3.8, 4) is 0 Å². The van der Waals surface area contributed by atoms with E-state index in [0.717, 1.165) is 0 Å². The van der Waals surface area contributed by atoms with Gasteiger partial charge in [-0.2, -0.15) is 0 Å². The molecule has 0 aromatic heterocycles. The van der Waals surface area contributed by atoms with E-state index >= 15 is 0 Å². The van der Waals surface area contributed by atoms with Crippen molar-refractivity contribution in [2.45, 2.75) is 30.7 Å². The second-order valence-corrected chi connectivity index (χ2v) is 7.93. The summed E-state index contributed by atoms with van der Waals surface area (Å²) in [5.74, 6) is -2.54. The summed E-state index contributed by atoms with van der Waals surface area (Å²) in [6.45, 7) is -1.18. The lowest BCUT2D eigenvalue weighted by Crippen LogP contribution is -2.62. The lowest BCUT2D eigenvalue weighted by molar-refractivity contribution is -0.281. The van der Waals surface area contributed by atoms with Crippen LogP contribution in [0.5, 0.6) is 0 Å². The summed E-state index contributed by atoms with van der Waals surface area (Å²) in [7, 11) is 0. The predicted molar refractivity (Wildman–Crippen MR) is 124 cm³/mol. The maximum atomic E-state index is 14.0. The van der Waals surface area contributed by atoms with Crippen molar-refractivity contribution >= 4 is 17.9 Å². The van der Waals surface area contributed by atoms with Gasteiger partial charge >= 0.3 is 17.9 Å². The van der Waals surface area contributed by atoms with E-state index in [0.29, 0.717) is 0 Å². The Morgan fingerprint density at radius 1 is 0.639 bits per heavy atom. The Morgan fingerprint density at radius 3 is 1.39 bits per heavy atom. The molecule has 0 aliphatic carbocycles. The van der Waals surface area contributed by atoms with Crippen LogP contribution in [0.1, 0.15) is 31.1 Å². The summed E-state index contributed by atoms with van der Waals surface area (Å²) in [6.07, 6.45) is -8.09. The number of hydrogen-bond donors (Lipinski definition) is 1. The van der Waals surface area contributed by atoms with Gasteiger partial charge in [-0.25, -0.2) is 18.8 Å². The maximum Gasteiger partial charge on any atom is 0.338 e. The molecule has 0 saturated carbocycles. The monoisotopic (exact) mass is 494 g/mol. The number of carbonyl (C=O) groups excluding carboxylic acids is 3. The zero-order chi connectivity index (χ0) is 25.5. The Hall–Kier alpha value is -4.08. The van der Waals surface area contributed by atoms with E-state index in [1.807, 2.05) is 0 Å². The third-order valence-electron chi connectivity index (χ3n) is 5.52. The third kappa shape index (κ3) is 5.76. The Balaban J connectivity index is 1.66. The summed E-state index contributed by atoms with van der Waals surface area (Å²) in [6, 6.07) is 23.7. The summed E-state index contributed by atoms with van der Waals surface area (Å²) in [5.41, 5.74) is 0.465. The number of aliphatic hydroxyl groups is 1. The Kier molecular flexibility index (Phi) is 8.04. The molecule has 8 nitrogen and oxygen atoms in total. The molecule has 9 heteroatoms. The van der Waals surface area contributed by atoms with Crippen LogP contribution in [0.25, 0.3) is 0 Å². The summed E-state index contributed by atoms with van der Waals surface area (Å²) < 4.78 is 35.8. The number of halogens is 1. The molecule has 36 heavy (non-hydrogen) atoms. The zero-order valence-electron chi connectivity index (χ0n) is 18.9. The molecular weight excluding hydrogens is 471 g/mol. The van der Waals surface area contributed by atoms with Crippen LogP contribution in [-0.4, -0.2) is 60.4 Å². The fourth-order valence-electron chi connectivity index (χ4n) is 3.72. The number of hydrogen-bond acceptors (Lipinski definition) is 8. The van der Waals surface area contributed by atoms with E-state index in [2.05, 4.69) is 0 Å². The van der Waals surface area contributed by atoms with Gasteiger partial charge in [0, 0.05) is 0 Å². The topological polar surface area (TPSA) is 108 Å². The van der Waals surface area contributed by atoms with Gasteiger partial charge < -0.3 is 24.1 Å². The minimum atomic E-state index is -1.86. The van der Waals surface area contributed by atoms with Crippen molar-refractivity contribution in [3.05, 3.63) is 108 Å². The molecule has 3 aromatic carbocycles. The molecule has 1 heterocycles. The molecule has 5 atom stereocenters. The molecule has 0 radical (unpaired) electrons. The molecule has 1 saturated heterocycles. The SMILES string of the molecule is O=C(O[C@@H]1[C@@H](OC(=O)c2ccccc2)[C@@H](O)O[C@H](CF)[C@H]1OC(=O)c1ccccc1)c1ccccc1. The number of esters is 3. The van der Waals surface area contributed by atoms with Crippen LogP contribution in [0, 0.1) is 0 Å². The highest BCUT2D eigenvalue weighted by Crippen LogP contribution is 2.30. The Morgan fingerprint density at radius 2 is 1.00 bits per heavy atom. The first-order valence-corrected chi connectivity index (χ1v) is 11.2. The van der Waals surface area contributed by atoms with E-state index < -0.39 is 55.3 Å². The van der Waals surface area contributed by atoms with Crippen LogP contribution in [0.2, 0.25) is 0 Å². The number of ether oxygens (including phenoxy) is 4. The van der Waals surface area contributed by atoms with Crippen LogP contribution in [0.3, 0.4) is 0 Å². The van der Waals surface area contributed by atoms with Crippen LogP contribution >= 0.6 is 0 Å². The quantitative estimate of drug-likeness (QED) is 0.394. The van der Waals surface area contributed by atoms with Gasteiger partial charge in [0.05, 0.1) is 16.7 Å². The van der Waals surface area contributed by atoms with E-state index in [-0.39, 0.29) is 16.7 Å². The van der Waals surface area contributed by atoms with E-state index in [1.54, 1.807) is 54.6 Å². The van der Waals surface area contributed by atoms with Crippen molar-refractivity contribution in [1.29, 1.82) is 0 Å². The summed E-state index contributed by atoms with van der Waals surface area (Å²) in [5, 5.41) is 10.6. The zero-order valence-corrected chi connectivity index (χ0v) is 18.9. The van der Waals surface area contributed by atoms with Crippen molar-refractivity contribution in [1.82, 2.24) is 0 Å². The standard InChI is InChI=1S/C27H23FO8/c28-16-20-21(34-24(29)17-10-4-1-5-11-17)22(35-25(30)18-12-6-2-7-13-18)23(27(32)33-20)36-26(31)19-14-8-3-9-15-19/h1-15,20-23,27,32H,16H2/t20-,21-,22+,23-,27+/m1/s1. The average Bonchev–Trinajstić information content (AvgIpc) is 2.93. The van der Waals surface area contributed by atoms with Crippen molar-refractivity contribution in [2.75, 3.05) is 6.67 Å². The fourth-order valence-corrected chi connectivity index (χ4v) is 3.72. The fraction of sp³-hybridized carbons (Fsp3) is 0.222. The second-order valence-electron chi connectivity index (χ2n) is 7.93. The molecule has 4 rings (SSSR count). The molecule has 1 N–H and O–H groups in total. The van der Waals surface area contributed by atoms with Gasteiger partial charge in [0.1, 0.15) is 12.8 Å². The van der Waals surface area contributed by atoms with Gasteiger partial charge in [-0.1, -0.05) is 54.6 Å². The van der Waals surface area contributed by atoms with Gasteiger partial charge in [-0.05, 0) is 36.4 Å². The largest absolute Gasteiger partial charge is 0.452 e. The van der Waals surface area contributed by atoms with Gasteiger partial charge in [0.15, 0.2) is 24.6 Å². The van der Waals surface area contributed by atoms with E-state index in [4.69, 9.17) is 18.9 Å². The molecule has 1 fully saturated rings. The molecule has 186 valence electrons. The number of alkyl halides is 1. The molecule has 3 aromatic rings. The molecule has 1 aliphatic rings. The van der Waals surface area contributed by atoms with Crippen LogP contribution in [-0.2, 0) is 18.9 Å². The highest BCUT2D eigenvalue weighted by Gasteiger charge is 2.52. The molecule has 1 aliphatic heterocycles. The van der Waals surface area contributed by atoms with E-state index in [9.17, 15) is 23.9 Å². The minimum absolute atomic E-state index is 0.150. The molecular formula is C27H23FO8. The second kappa shape index (κ2) is 11.6. The summed E-state index contributed by atoms with van der Waals surface area (Å²) >= 11 is 0. The van der Waals surface area contributed by atoms with Gasteiger partial charge in [-0.15, -0.1) is 0 Å². The lowest BCUT2D eigenvalue weighted by atomic mass is 9.98. The van der Waals surface area contributed by atoms with Gasteiger partial charge in [0.2, 0.25) is 0 Å². The molecule has 0 spiro atoms. The molecule has 0 amide bonds. The van der Waals surface area contributed by atoms with E-state index in [1.165, 1.54) is 36.4 Å². The number of carbonyl (C=O) groups is 3. The first kappa shape index (κ1) is 25.0. The highest BCUT2D eigenvalue weighted by atomic mass is 19.1. The maximum absolute atomic E-state index is 14.0.